The predicted octanol–water partition coefficient (Wildman–Crippen LogP) is 2.50. The van der Waals surface area contributed by atoms with Crippen molar-refractivity contribution in [3.63, 3.8) is 0 Å². The molecule has 0 aliphatic carbocycles. The summed E-state index contributed by atoms with van der Waals surface area (Å²) < 4.78 is 1.76. The van der Waals surface area contributed by atoms with Crippen molar-refractivity contribution in [1.82, 2.24) is 9.38 Å². The number of thiazole rings is 1. The van der Waals surface area contributed by atoms with Crippen LogP contribution in [0.3, 0.4) is 0 Å². The van der Waals surface area contributed by atoms with Crippen LogP contribution < -0.4 is 0 Å². The van der Waals surface area contributed by atoms with Gasteiger partial charge >= 0.3 is 5.97 Å². The topological polar surface area (TPSA) is 71.7 Å². The zero-order chi connectivity index (χ0) is 14.1. The van der Waals surface area contributed by atoms with E-state index in [1.54, 1.807) is 34.9 Å². The fourth-order valence-corrected chi connectivity index (χ4v) is 2.98. The SMILES string of the molecule is O=Cc1cnc2sc(Cc3ccc(C(=O)O)cc3)cn12. The minimum atomic E-state index is -0.929. The first kappa shape index (κ1) is 12.6. The van der Waals surface area contributed by atoms with Crippen molar-refractivity contribution in [2.75, 3.05) is 0 Å². The number of imidazole rings is 1. The zero-order valence-electron chi connectivity index (χ0n) is 10.3. The molecule has 5 nitrogen and oxygen atoms in total. The molecule has 0 fully saturated rings. The van der Waals surface area contributed by atoms with Crippen LogP contribution in [0.1, 0.15) is 31.3 Å². The second-order valence-corrected chi connectivity index (χ2v) is 5.42. The van der Waals surface area contributed by atoms with Gasteiger partial charge in [-0.05, 0) is 17.7 Å². The Labute approximate surface area is 118 Å². The number of nitrogens with zero attached hydrogens (tertiary/aromatic N) is 2. The van der Waals surface area contributed by atoms with Crippen molar-refractivity contribution in [3.05, 3.63) is 58.4 Å². The highest BCUT2D eigenvalue weighted by Gasteiger charge is 2.08. The minimum absolute atomic E-state index is 0.276. The molecule has 0 unspecified atom stereocenters. The van der Waals surface area contributed by atoms with Crippen molar-refractivity contribution >= 4 is 28.6 Å². The summed E-state index contributed by atoms with van der Waals surface area (Å²) in [7, 11) is 0. The molecule has 1 aromatic carbocycles. The Morgan fingerprint density at radius 1 is 1.35 bits per heavy atom. The highest BCUT2D eigenvalue weighted by molar-refractivity contribution is 7.17. The van der Waals surface area contributed by atoms with Crippen molar-refractivity contribution in [3.8, 4) is 0 Å². The second kappa shape index (κ2) is 4.90. The summed E-state index contributed by atoms with van der Waals surface area (Å²) in [6.07, 6.45) is 4.90. The van der Waals surface area contributed by atoms with Gasteiger partial charge in [-0.15, -0.1) is 11.3 Å². The van der Waals surface area contributed by atoms with Crippen molar-refractivity contribution in [1.29, 1.82) is 0 Å². The second-order valence-electron chi connectivity index (χ2n) is 4.33. The van der Waals surface area contributed by atoms with E-state index in [1.807, 2.05) is 6.20 Å². The molecule has 1 N–H and O–H groups in total. The van der Waals surface area contributed by atoms with E-state index in [2.05, 4.69) is 4.98 Å². The number of aromatic nitrogens is 2. The molecule has 6 heteroatoms. The van der Waals surface area contributed by atoms with Crippen LogP contribution in [0.4, 0.5) is 0 Å². The number of carbonyl (C=O) groups is 2. The molecule has 2 aromatic heterocycles. The summed E-state index contributed by atoms with van der Waals surface area (Å²) in [5.41, 5.74) is 1.83. The Hall–Kier alpha value is -2.47. The minimum Gasteiger partial charge on any atom is -0.478 e. The number of aldehydes is 1. The van der Waals surface area contributed by atoms with Gasteiger partial charge in [-0.3, -0.25) is 9.20 Å². The first-order valence-corrected chi connectivity index (χ1v) is 6.72. The van der Waals surface area contributed by atoms with E-state index in [1.165, 1.54) is 11.3 Å². The molecule has 0 aliphatic heterocycles. The van der Waals surface area contributed by atoms with Gasteiger partial charge in [0.15, 0.2) is 11.2 Å². The lowest BCUT2D eigenvalue weighted by atomic mass is 10.1. The highest BCUT2D eigenvalue weighted by Crippen LogP contribution is 2.21. The van der Waals surface area contributed by atoms with E-state index >= 15 is 0 Å². The molecule has 0 spiro atoms. The Morgan fingerprint density at radius 3 is 2.75 bits per heavy atom. The standard InChI is InChI=1S/C14H10N2O3S/c17-8-11-6-15-14-16(11)7-12(20-14)5-9-1-3-10(4-2-9)13(18)19/h1-4,6-8H,5H2,(H,18,19). The molecule has 20 heavy (non-hydrogen) atoms. The summed E-state index contributed by atoms with van der Waals surface area (Å²) in [5, 5.41) is 8.85. The molecular formula is C14H10N2O3S. The van der Waals surface area contributed by atoms with Gasteiger partial charge in [0, 0.05) is 17.5 Å². The molecular weight excluding hydrogens is 276 g/mol. The first-order valence-electron chi connectivity index (χ1n) is 5.90. The molecule has 0 bridgehead atoms. The summed E-state index contributed by atoms with van der Waals surface area (Å²) in [4.78, 5) is 27.6. The lowest BCUT2D eigenvalue weighted by molar-refractivity contribution is 0.0696. The number of benzene rings is 1. The number of aromatic carboxylic acids is 1. The van der Waals surface area contributed by atoms with E-state index in [0.29, 0.717) is 12.1 Å². The number of carbonyl (C=O) groups excluding carboxylic acids is 1. The quantitative estimate of drug-likeness (QED) is 0.748. The average molecular weight is 286 g/mol. The summed E-state index contributed by atoms with van der Waals surface area (Å²) in [6, 6.07) is 6.78. The van der Waals surface area contributed by atoms with Crippen LogP contribution in [0.25, 0.3) is 4.96 Å². The Balaban J connectivity index is 1.86. The van der Waals surface area contributed by atoms with Crippen molar-refractivity contribution in [2.24, 2.45) is 0 Å². The Morgan fingerprint density at radius 2 is 2.10 bits per heavy atom. The van der Waals surface area contributed by atoms with E-state index in [0.717, 1.165) is 21.7 Å². The molecule has 2 heterocycles. The van der Waals surface area contributed by atoms with Gasteiger partial charge in [0.25, 0.3) is 0 Å². The molecule has 3 rings (SSSR count). The van der Waals surface area contributed by atoms with Crippen LogP contribution in [-0.4, -0.2) is 26.7 Å². The van der Waals surface area contributed by atoms with E-state index in [-0.39, 0.29) is 5.56 Å². The summed E-state index contributed by atoms with van der Waals surface area (Å²) in [5.74, 6) is -0.929. The van der Waals surface area contributed by atoms with Gasteiger partial charge in [-0.25, -0.2) is 9.78 Å². The monoisotopic (exact) mass is 286 g/mol. The number of hydrogen-bond donors (Lipinski definition) is 1. The lowest BCUT2D eigenvalue weighted by Crippen LogP contribution is -1.96. The van der Waals surface area contributed by atoms with Gasteiger partial charge in [-0.1, -0.05) is 12.1 Å². The molecule has 0 saturated carbocycles. The van der Waals surface area contributed by atoms with Gasteiger partial charge < -0.3 is 5.11 Å². The van der Waals surface area contributed by atoms with Crippen LogP contribution in [-0.2, 0) is 6.42 Å². The molecule has 0 atom stereocenters. The van der Waals surface area contributed by atoms with Crippen LogP contribution in [0.2, 0.25) is 0 Å². The Bertz CT molecular complexity index is 786. The van der Waals surface area contributed by atoms with Gasteiger partial charge in [0.05, 0.1) is 11.8 Å². The predicted molar refractivity (Wildman–Crippen MR) is 74.7 cm³/mol. The van der Waals surface area contributed by atoms with E-state index < -0.39 is 5.97 Å². The highest BCUT2D eigenvalue weighted by atomic mass is 32.1. The van der Waals surface area contributed by atoms with Crippen LogP contribution in [0.5, 0.6) is 0 Å². The largest absolute Gasteiger partial charge is 0.478 e. The van der Waals surface area contributed by atoms with E-state index in [4.69, 9.17) is 5.11 Å². The number of fused-ring (bicyclic) bond motifs is 1. The molecule has 0 radical (unpaired) electrons. The molecule has 0 aliphatic rings. The maximum atomic E-state index is 10.8. The van der Waals surface area contributed by atoms with Gasteiger partial charge in [0.1, 0.15) is 5.69 Å². The lowest BCUT2D eigenvalue weighted by Gasteiger charge is -1.99. The van der Waals surface area contributed by atoms with Crippen molar-refractivity contribution < 1.29 is 14.7 Å². The maximum absolute atomic E-state index is 10.8. The first-order chi connectivity index (χ1) is 9.67. The zero-order valence-corrected chi connectivity index (χ0v) is 11.1. The third kappa shape index (κ3) is 2.21. The number of rotatable bonds is 4. The maximum Gasteiger partial charge on any atom is 0.335 e. The Kier molecular flexibility index (Phi) is 3.08. The molecule has 0 amide bonds. The number of carboxylic acid groups (broad SMARTS) is 1. The van der Waals surface area contributed by atoms with Crippen LogP contribution in [0, 0.1) is 0 Å². The van der Waals surface area contributed by atoms with E-state index in [9.17, 15) is 9.59 Å². The van der Waals surface area contributed by atoms with Gasteiger partial charge in [0.2, 0.25) is 0 Å². The third-order valence-corrected chi connectivity index (χ3v) is 3.98. The number of hydrogen-bond acceptors (Lipinski definition) is 4. The summed E-state index contributed by atoms with van der Waals surface area (Å²) in [6.45, 7) is 0. The fraction of sp³-hybridized carbons (Fsp3) is 0.0714. The normalized spacial score (nSPS) is 10.8. The van der Waals surface area contributed by atoms with Crippen molar-refractivity contribution in [2.45, 2.75) is 6.42 Å². The molecule has 3 aromatic rings. The smallest absolute Gasteiger partial charge is 0.335 e. The molecule has 0 saturated heterocycles. The van der Waals surface area contributed by atoms with Crippen LogP contribution in [0.15, 0.2) is 36.7 Å². The van der Waals surface area contributed by atoms with Crippen LogP contribution >= 0.6 is 11.3 Å². The average Bonchev–Trinajstić information content (AvgIpc) is 2.98. The van der Waals surface area contributed by atoms with Gasteiger partial charge in [-0.2, -0.15) is 0 Å². The fourth-order valence-electron chi connectivity index (χ4n) is 1.98. The summed E-state index contributed by atoms with van der Waals surface area (Å²) >= 11 is 1.52. The molecule has 100 valence electrons. The third-order valence-electron chi connectivity index (χ3n) is 2.99. The number of carboxylic acids is 1.